The van der Waals surface area contributed by atoms with E-state index in [2.05, 4.69) is 0 Å². The molecule has 0 fully saturated rings. The summed E-state index contributed by atoms with van der Waals surface area (Å²) in [5, 5.41) is 0. The third-order valence-corrected chi connectivity index (χ3v) is 2.78. The maximum absolute atomic E-state index is 11.4. The Balaban J connectivity index is 2.66. The molecule has 1 N–H and O–H groups in total. The van der Waals surface area contributed by atoms with Crippen LogP contribution < -0.4 is 0 Å². The molecule has 1 aromatic carbocycles. The first-order valence-electron chi connectivity index (χ1n) is 3.88. The monoisotopic (exact) mass is 227 g/mol. The van der Waals surface area contributed by atoms with Crippen molar-refractivity contribution in [3.63, 3.8) is 0 Å². The van der Waals surface area contributed by atoms with Gasteiger partial charge in [0.1, 0.15) is 0 Å². The number of carbonyl (C=O) groups is 2. The fourth-order valence-electron chi connectivity index (χ4n) is 1.38. The summed E-state index contributed by atoms with van der Waals surface area (Å²) in [6.45, 7) is 0. The average molecular weight is 227 g/mol. The molecule has 0 aromatic heterocycles. The second kappa shape index (κ2) is 2.88. The summed E-state index contributed by atoms with van der Waals surface area (Å²) in [6.07, 6.45) is 0. The molecule has 1 aliphatic heterocycles. The second-order valence-corrected chi connectivity index (χ2v) is 4.16. The Morgan fingerprint density at radius 2 is 1.40 bits per heavy atom. The van der Waals surface area contributed by atoms with Crippen molar-refractivity contribution in [1.82, 2.24) is 4.31 Å². The summed E-state index contributed by atoms with van der Waals surface area (Å²) in [5.41, 5.74) is -0.0553. The van der Waals surface area contributed by atoms with Crippen LogP contribution in [-0.4, -0.2) is 29.1 Å². The first kappa shape index (κ1) is 9.81. The van der Waals surface area contributed by atoms with Crippen molar-refractivity contribution in [2.24, 2.45) is 0 Å². The Hall–Kier alpha value is -1.73. The van der Waals surface area contributed by atoms with Crippen LogP contribution >= 0.6 is 0 Å². The van der Waals surface area contributed by atoms with Crippen molar-refractivity contribution in [3.8, 4) is 0 Å². The summed E-state index contributed by atoms with van der Waals surface area (Å²) >= 11 is 0. The predicted octanol–water partition coefficient (Wildman–Crippen LogP) is 0.0854. The first-order valence-corrected chi connectivity index (χ1v) is 5.28. The molecule has 0 spiro atoms. The summed E-state index contributed by atoms with van der Waals surface area (Å²) < 4.78 is 30.1. The van der Waals surface area contributed by atoms with Crippen molar-refractivity contribution in [2.75, 3.05) is 0 Å². The van der Waals surface area contributed by atoms with Gasteiger partial charge in [-0.25, -0.2) is 0 Å². The number of amides is 2. The molecule has 0 saturated heterocycles. The molecule has 0 radical (unpaired) electrons. The molecule has 0 atom stereocenters. The smallest absolute Gasteiger partial charge is 0.269 e. The highest BCUT2D eigenvalue weighted by Gasteiger charge is 2.42. The standard InChI is InChI=1S/C8H5NO5S/c10-7-5-3-1-2-4-6(5)8(11)9(7)15(12,13)14/h1-4H,(H,12,13,14). The quantitative estimate of drug-likeness (QED) is 0.542. The minimum absolute atomic E-state index is 0.0277. The van der Waals surface area contributed by atoms with Crippen LogP contribution in [0, 0.1) is 0 Å². The predicted molar refractivity (Wildman–Crippen MR) is 48.5 cm³/mol. The van der Waals surface area contributed by atoms with E-state index in [-0.39, 0.29) is 15.4 Å². The van der Waals surface area contributed by atoms with Crippen LogP contribution in [0.5, 0.6) is 0 Å². The Morgan fingerprint density at radius 3 is 1.73 bits per heavy atom. The zero-order valence-corrected chi connectivity index (χ0v) is 8.06. The Bertz CT molecular complexity index is 527. The second-order valence-electron chi connectivity index (χ2n) is 2.90. The van der Waals surface area contributed by atoms with Crippen molar-refractivity contribution in [2.45, 2.75) is 0 Å². The molecule has 1 aliphatic rings. The summed E-state index contributed by atoms with van der Waals surface area (Å²) in [5.74, 6) is -2.06. The molecule has 6 nitrogen and oxygen atoms in total. The molecule has 2 amide bonds. The van der Waals surface area contributed by atoms with Gasteiger partial charge in [-0.05, 0) is 12.1 Å². The van der Waals surface area contributed by atoms with Crippen LogP contribution in [0.25, 0.3) is 0 Å². The number of nitrogens with zero attached hydrogens (tertiary/aromatic N) is 1. The van der Waals surface area contributed by atoms with Crippen LogP contribution in [0.4, 0.5) is 0 Å². The molecule has 15 heavy (non-hydrogen) atoms. The van der Waals surface area contributed by atoms with Crippen LogP contribution in [0.15, 0.2) is 24.3 Å². The van der Waals surface area contributed by atoms with Gasteiger partial charge in [0.15, 0.2) is 0 Å². The molecule has 2 rings (SSSR count). The Morgan fingerprint density at radius 1 is 1.00 bits per heavy atom. The molecular formula is C8H5NO5S. The van der Waals surface area contributed by atoms with E-state index in [1.54, 1.807) is 0 Å². The third kappa shape index (κ3) is 1.32. The van der Waals surface area contributed by atoms with Crippen LogP contribution in [0.1, 0.15) is 20.7 Å². The van der Waals surface area contributed by atoms with Crippen molar-refractivity contribution >= 4 is 22.1 Å². The highest BCUT2D eigenvalue weighted by molar-refractivity contribution is 7.84. The number of hydrogen-bond donors (Lipinski definition) is 1. The molecule has 1 heterocycles. The van der Waals surface area contributed by atoms with E-state index >= 15 is 0 Å². The lowest BCUT2D eigenvalue weighted by Crippen LogP contribution is -2.35. The zero-order valence-electron chi connectivity index (χ0n) is 7.25. The van der Waals surface area contributed by atoms with Crippen molar-refractivity contribution < 1.29 is 22.6 Å². The van der Waals surface area contributed by atoms with Crippen LogP contribution in [0.2, 0.25) is 0 Å². The van der Waals surface area contributed by atoms with Crippen molar-refractivity contribution in [3.05, 3.63) is 35.4 Å². The first-order chi connectivity index (χ1) is 6.93. The Kier molecular flexibility index (Phi) is 1.88. The average Bonchev–Trinajstić information content (AvgIpc) is 2.39. The van der Waals surface area contributed by atoms with Gasteiger partial charge in [0.05, 0.1) is 11.1 Å². The maximum Gasteiger partial charge on any atom is 0.369 e. The molecule has 7 heteroatoms. The van der Waals surface area contributed by atoms with Crippen LogP contribution in [0.3, 0.4) is 0 Å². The van der Waals surface area contributed by atoms with Gasteiger partial charge in [0.2, 0.25) is 0 Å². The third-order valence-electron chi connectivity index (χ3n) is 1.99. The van der Waals surface area contributed by atoms with Gasteiger partial charge < -0.3 is 0 Å². The van der Waals surface area contributed by atoms with E-state index < -0.39 is 22.1 Å². The minimum Gasteiger partial charge on any atom is -0.269 e. The van der Waals surface area contributed by atoms with E-state index in [0.29, 0.717) is 0 Å². The minimum atomic E-state index is -4.83. The molecular weight excluding hydrogens is 222 g/mol. The topological polar surface area (TPSA) is 91.8 Å². The van der Waals surface area contributed by atoms with Gasteiger partial charge in [-0.15, -0.1) is 4.31 Å². The summed E-state index contributed by atoms with van der Waals surface area (Å²) in [6, 6.07) is 5.64. The van der Waals surface area contributed by atoms with Crippen LogP contribution in [-0.2, 0) is 10.3 Å². The lowest BCUT2D eigenvalue weighted by molar-refractivity contribution is 0.0755. The van der Waals surface area contributed by atoms with Gasteiger partial charge in [-0.2, -0.15) is 8.42 Å². The van der Waals surface area contributed by atoms with Gasteiger partial charge in [0.25, 0.3) is 11.8 Å². The van der Waals surface area contributed by atoms with Gasteiger partial charge in [-0.1, -0.05) is 12.1 Å². The van der Waals surface area contributed by atoms with E-state index in [0.717, 1.165) is 0 Å². The lowest BCUT2D eigenvalue weighted by atomic mass is 10.1. The SMILES string of the molecule is O=C1c2ccccc2C(=O)N1S(=O)(=O)O. The summed E-state index contributed by atoms with van der Waals surface area (Å²) in [7, 11) is -4.83. The van der Waals surface area contributed by atoms with Gasteiger partial charge >= 0.3 is 10.3 Å². The fourth-order valence-corrected chi connectivity index (χ4v) is 1.99. The van der Waals surface area contributed by atoms with E-state index in [1.165, 1.54) is 24.3 Å². The number of carbonyl (C=O) groups excluding carboxylic acids is 2. The Labute approximate surface area is 85.0 Å². The molecule has 0 unspecified atom stereocenters. The number of hydrogen-bond acceptors (Lipinski definition) is 4. The highest BCUT2D eigenvalue weighted by atomic mass is 32.2. The number of benzene rings is 1. The van der Waals surface area contributed by atoms with E-state index in [9.17, 15) is 18.0 Å². The molecule has 1 aromatic rings. The number of rotatable bonds is 1. The van der Waals surface area contributed by atoms with Gasteiger partial charge in [-0.3, -0.25) is 14.1 Å². The molecule has 0 saturated carbocycles. The number of fused-ring (bicyclic) bond motifs is 1. The largest absolute Gasteiger partial charge is 0.369 e. The van der Waals surface area contributed by atoms with E-state index in [4.69, 9.17) is 4.55 Å². The van der Waals surface area contributed by atoms with Gasteiger partial charge in [0, 0.05) is 0 Å². The molecule has 0 aliphatic carbocycles. The van der Waals surface area contributed by atoms with Crippen molar-refractivity contribution in [1.29, 1.82) is 0 Å². The summed E-state index contributed by atoms with van der Waals surface area (Å²) in [4.78, 5) is 22.8. The normalized spacial score (nSPS) is 15.7. The molecule has 0 bridgehead atoms. The lowest BCUT2D eigenvalue weighted by Gasteiger charge is -2.07. The highest BCUT2D eigenvalue weighted by Crippen LogP contribution is 2.24. The zero-order chi connectivity index (χ0) is 11.2. The fraction of sp³-hybridized carbons (Fsp3) is 0. The van der Waals surface area contributed by atoms with E-state index in [1.807, 2.05) is 0 Å². The maximum atomic E-state index is 11.4. The molecule has 78 valence electrons. The number of imide groups is 1.